The second kappa shape index (κ2) is 7.22. The number of hydrogen-bond acceptors (Lipinski definition) is 3. The molecule has 0 aliphatic heterocycles. The minimum absolute atomic E-state index is 0.408. The highest BCUT2D eigenvalue weighted by molar-refractivity contribution is 7.80. The molecule has 0 spiro atoms. The Morgan fingerprint density at radius 3 is 2.58 bits per heavy atom. The van der Waals surface area contributed by atoms with Crippen LogP contribution < -0.4 is 5.73 Å². The Balaban J connectivity index is 2.84. The zero-order valence-electron chi connectivity index (χ0n) is 12.1. The lowest BCUT2D eigenvalue weighted by molar-refractivity contribution is 0.214. The second-order valence-corrected chi connectivity index (χ2v) is 5.87. The van der Waals surface area contributed by atoms with Gasteiger partial charge in [-0.05, 0) is 20.3 Å². The third-order valence-corrected chi connectivity index (χ3v) is 3.87. The van der Waals surface area contributed by atoms with E-state index in [1.54, 1.807) is 0 Å². The maximum absolute atomic E-state index is 6.38. The third-order valence-electron chi connectivity index (χ3n) is 3.23. The van der Waals surface area contributed by atoms with Crippen molar-refractivity contribution in [3.63, 3.8) is 0 Å². The number of halogens is 1. The molecule has 2 N–H and O–H groups in total. The van der Waals surface area contributed by atoms with Crippen molar-refractivity contribution in [3.8, 4) is 0 Å². The van der Waals surface area contributed by atoms with Gasteiger partial charge in [0.1, 0.15) is 0 Å². The summed E-state index contributed by atoms with van der Waals surface area (Å²) in [5, 5.41) is 5.23. The minimum atomic E-state index is 0.408. The summed E-state index contributed by atoms with van der Waals surface area (Å²) in [5.74, 6) is 0. The molecule has 0 radical (unpaired) electrons. The molecule has 0 unspecified atom stereocenters. The maximum atomic E-state index is 6.38. The fraction of sp³-hybridized carbons (Fsp3) is 0.692. The van der Waals surface area contributed by atoms with Crippen LogP contribution in [-0.2, 0) is 20.0 Å². The van der Waals surface area contributed by atoms with Gasteiger partial charge in [0.15, 0.2) is 0 Å². The summed E-state index contributed by atoms with van der Waals surface area (Å²) in [4.78, 5) is 2.86. The molecule has 0 saturated carbocycles. The van der Waals surface area contributed by atoms with Gasteiger partial charge in [-0.1, -0.05) is 30.7 Å². The highest BCUT2D eigenvalue weighted by Gasteiger charge is 2.18. The van der Waals surface area contributed by atoms with Crippen LogP contribution in [0.15, 0.2) is 0 Å². The van der Waals surface area contributed by atoms with E-state index >= 15 is 0 Å². The van der Waals surface area contributed by atoms with E-state index in [9.17, 15) is 0 Å². The molecule has 0 fully saturated rings. The van der Waals surface area contributed by atoms with Crippen LogP contribution in [-0.4, -0.2) is 32.3 Å². The van der Waals surface area contributed by atoms with E-state index in [0.717, 1.165) is 42.3 Å². The van der Waals surface area contributed by atoms with Gasteiger partial charge in [0, 0.05) is 32.6 Å². The van der Waals surface area contributed by atoms with Gasteiger partial charge < -0.3 is 5.73 Å². The molecule has 1 aromatic rings. The van der Waals surface area contributed by atoms with E-state index in [4.69, 9.17) is 29.6 Å². The van der Waals surface area contributed by atoms with Crippen LogP contribution in [0, 0.1) is 0 Å². The first-order valence-corrected chi connectivity index (χ1v) is 7.38. The Hall–Kier alpha value is -0.650. The van der Waals surface area contributed by atoms with Crippen molar-refractivity contribution >= 4 is 28.8 Å². The summed E-state index contributed by atoms with van der Waals surface area (Å²) in [5.41, 5.74) is 7.59. The molecule has 1 rings (SSSR count). The van der Waals surface area contributed by atoms with Crippen LogP contribution in [0.1, 0.15) is 38.6 Å². The summed E-state index contributed by atoms with van der Waals surface area (Å²) in [6.45, 7) is 7.98. The van der Waals surface area contributed by atoms with Gasteiger partial charge in [0.25, 0.3) is 0 Å². The van der Waals surface area contributed by atoms with E-state index in [-0.39, 0.29) is 0 Å². The molecule has 0 atom stereocenters. The molecule has 108 valence electrons. The smallest absolute Gasteiger partial charge is 0.0863 e. The molecule has 0 amide bonds. The third kappa shape index (κ3) is 4.44. The van der Waals surface area contributed by atoms with Crippen LogP contribution in [0.5, 0.6) is 0 Å². The summed E-state index contributed by atoms with van der Waals surface area (Å²) < 4.78 is 1.87. The first kappa shape index (κ1) is 16.4. The van der Waals surface area contributed by atoms with Crippen molar-refractivity contribution in [3.05, 3.63) is 16.4 Å². The van der Waals surface area contributed by atoms with Crippen molar-refractivity contribution in [2.45, 2.75) is 46.2 Å². The Labute approximate surface area is 125 Å². The first-order chi connectivity index (χ1) is 8.86. The van der Waals surface area contributed by atoms with Gasteiger partial charge in [0.05, 0.1) is 21.4 Å². The van der Waals surface area contributed by atoms with Crippen molar-refractivity contribution in [2.75, 3.05) is 6.54 Å². The van der Waals surface area contributed by atoms with E-state index in [0.29, 0.717) is 11.0 Å². The number of rotatable bonds is 7. The first-order valence-electron chi connectivity index (χ1n) is 6.59. The van der Waals surface area contributed by atoms with Gasteiger partial charge in [-0.15, -0.1) is 0 Å². The summed E-state index contributed by atoms with van der Waals surface area (Å²) >= 11 is 11.3. The minimum Gasteiger partial charge on any atom is -0.393 e. The number of aromatic nitrogens is 2. The molecule has 0 aliphatic carbocycles. The zero-order chi connectivity index (χ0) is 14.6. The van der Waals surface area contributed by atoms with Crippen molar-refractivity contribution < 1.29 is 0 Å². The van der Waals surface area contributed by atoms with E-state index in [1.807, 2.05) is 11.7 Å². The monoisotopic (exact) mass is 302 g/mol. The Kier molecular flexibility index (Phi) is 6.23. The molecule has 0 aliphatic rings. The fourth-order valence-electron chi connectivity index (χ4n) is 1.96. The Morgan fingerprint density at radius 2 is 2.16 bits per heavy atom. The van der Waals surface area contributed by atoms with Gasteiger partial charge in [0.2, 0.25) is 0 Å². The predicted molar refractivity (Wildman–Crippen MR) is 84.5 cm³/mol. The number of thiocarbonyl (C=S) groups is 1. The van der Waals surface area contributed by atoms with Gasteiger partial charge >= 0.3 is 0 Å². The average molecular weight is 303 g/mol. The average Bonchev–Trinajstić information content (AvgIpc) is 2.60. The zero-order valence-corrected chi connectivity index (χ0v) is 13.7. The number of nitrogens with zero attached hydrogens (tertiary/aromatic N) is 3. The number of aryl methyl sites for hydroxylation is 2. The molecule has 1 aromatic heterocycles. The molecule has 0 bridgehead atoms. The molecule has 1 heterocycles. The van der Waals surface area contributed by atoms with Gasteiger partial charge in [-0.25, -0.2) is 0 Å². The predicted octanol–water partition coefficient (Wildman–Crippen LogP) is 2.52. The second-order valence-electron chi connectivity index (χ2n) is 4.97. The highest BCUT2D eigenvalue weighted by Crippen LogP contribution is 2.23. The maximum Gasteiger partial charge on any atom is 0.0863 e. The quantitative estimate of drug-likeness (QED) is 0.786. The van der Waals surface area contributed by atoms with Crippen LogP contribution in [0.2, 0.25) is 5.02 Å². The molecular weight excluding hydrogens is 280 g/mol. The van der Waals surface area contributed by atoms with Crippen molar-refractivity contribution in [1.82, 2.24) is 14.7 Å². The summed E-state index contributed by atoms with van der Waals surface area (Å²) in [7, 11) is 1.94. The lowest BCUT2D eigenvalue weighted by Crippen LogP contribution is -2.34. The SMILES string of the molecule is CCc1nn(C)c(CN(CCC(N)=S)C(C)C)c1Cl. The number of hydrogen-bond donors (Lipinski definition) is 1. The van der Waals surface area contributed by atoms with E-state index in [2.05, 4.69) is 30.8 Å². The molecule has 0 saturated heterocycles. The topological polar surface area (TPSA) is 47.1 Å². The highest BCUT2D eigenvalue weighted by atomic mass is 35.5. The van der Waals surface area contributed by atoms with E-state index in [1.165, 1.54) is 0 Å². The van der Waals surface area contributed by atoms with Crippen LogP contribution >= 0.6 is 23.8 Å². The summed E-state index contributed by atoms with van der Waals surface area (Å²) in [6.07, 6.45) is 1.57. The van der Waals surface area contributed by atoms with Crippen molar-refractivity contribution in [2.24, 2.45) is 12.8 Å². The molecular formula is C13H23ClN4S. The standard InChI is InChI=1S/C13H23ClN4S/c1-5-10-13(14)11(17(4)16-10)8-18(9(2)3)7-6-12(15)19/h9H,5-8H2,1-4H3,(H2,15,19). The Bertz CT molecular complexity index is 442. The molecule has 4 nitrogen and oxygen atoms in total. The van der Waals surface area contributed by atoms with Crippen LogP contribution in [0.3, 0.4) is 0 Å². The number of nitrogens with two attached hydrogens (primary N) is 1. The normalized spacial score (nSPS) is 11.5. The molecule has 19 heavy (non-hydrogen) atoms. The van der Waals surface area contributed by atoms with Crippen LogP contribution in [0.25, 0.3) is 0 Å². The lowest BCUT2D eigenvalue weighted by Gasteiger charge is -2.26. The van der Waals surface area contributed by atoms with Crippen LogP contribution in [0.4, 0.5) is 0 Å². The van der Waals surface area contributed by atoms with Gasteiger partial charge in [-0.2, -0.15) is 5.10 Å². The van der Waals surface area contributed by atoms with Gasteiger partial charge in [-0.3, -0.25) is 9.58 Å². The van der Waals surface area contributed by atoms with Crippen molar-refractivity contribution in [1.29, 1.82) is 0 Å². The fourth-order valence-corrected chi connectivity index (χ4v) is 2.40. The largest absolute Gasteiger partial charge is 0.393 e. The molecule has 6 heteroatoms. The van der Waals surface area contributed by atoms with E-state index < -0.39 is 0 Å². The lowest BCUT2D eigenvalue weighted by atomic mass is 10.2. The Morgan fingerprint density at radius 1 is 1.53 bits per heavy atom. The molecule has 0 aromatic carbocycles. The summed E-state index contributed by atoms with van der Waals surface area (Å²) in [6, 6.07) is 0.408.